The van der Waals surface area contributed by atoms with Gasteiger partial charge in [0.1, 0.15) is 0 Å². The number of nitrogens with zero attached hydrogens (tertiary/aromatic N) is 1. The smallest absolute Gasteiger partial charge is 0.272 e. The Hall–Kier alpha value is -2.14. The van der Waals surface area contributed by atoms with Gasteiger partial charge >= 0.3 is 0 Å². The molecule has 2 heterocycles. The summed E-state index contributed by atoms with van der Waals surface area (Å²) >= 11 is 1.70. The molecule has 0 bridgehead atoms. The van der Waals surface area contributed by atoms with Crippen molar-refractivity contribution >= 4 is 28.1 Å². The molecule has 0 aliphatic carbocycles. The van der Waals surface area contributed by atoms with Crippen LogP contribution in [0.2, 0.25) is 0 Å². The summed E-state index contributed by atoms with van der Waals surface area (Å²) in [6.07, 6.45) is 0.852. The molecule has 3 aromatic rings. The van der Waals surface area contributed by atoms with Crippen molar-refractivity contribution in [2.24, 2.45) is 0 Å². The molecule has 1 amide bonds. The molecule has 2 N–H and O–H groups in total. The second kappa shape index (κ2) is 5.46. The number of rotatable bonds is 4. The average Bonchev–Trinajstić information content (AvgIpc) is 3.07. The largest absolute Gasteiger partial charge is 0.350 e. The maximum atomic E-state index is 12.2. The summed E-state index contributed by atoms with van der Waals surface area (Å²) in [5, 5.41) is 12.8. The molecular weight excluding hydrogens is 270 g/mol. The van der Waals surface area contributed by atoms with E-state index in [1.54, 1.807) is 11.3 Å². The fourth-order valence-corrected chi connectivity index (χ4v) is 2.85. The van der Waals surface area contributed by atoms with E-state index in [1.807, 2.05) is 36.6 Å². The first-order valence-corrected chi connectivity index (χ1v) is 7.37. The monoisotopic (exact) mass is 285 g/mol. The van der Waals surface area contributed by atoms with Crippen LogP contribution in [0.5, 0.6) is 0 Å². The van der Waals surface area contributed by atoms with Crippen LogP contribution in [0.1, 0.15) is 20.9 Å². The Bertz CT molecular complexity index is 731. The maximum Gasteiger partial charge on any atom is 0.272 e. The van der Waals surface area contributed by atoms with Crippen LogP contribution in [0.3, 0.4) is 0 Å². The second-order valence-electron chi connectivity index (χ2n) is 4.71. The highest BCUT2D eigenvalue weighted by atomic mass is 32.1. The summed E-state index contributed by atoms with van der Waals surface area (Å²) in [4.78, 5) is 13.4. The molecule has 0 fully saturated rings. The number of aromatic nitrogens is 2. The summed E-state index contributed by atoms with van der Waals surface area (Å²) in [5.41, 5.74) is 2.47. The fraction of sp³-hybridized carbons (Fsp3) is 0.200. The van der Waals surface area contributed by atoms with E-state index in [-0.39, 0.29) is 5.91 Å². The first-order chi connectivity index (χ1) is 9.74. The normalized spacial score (nSPS) is 10.8. The van der Waals surface area contributed by atoms with Crippen LogP contribution in [-0.2, 0) is 6.42 Å². The zero-order valence-corrected chi connectivity index (χ0v) is 12.0. The van der Waals surface area contributed by atoms with Crippen LogP contribution < -0.4 is 5.32 Å². The molecule has 5 heteroatoms. The minimum absolute atomic E-state index is 0.126. The van der Waals surface area contributed by atoms with Crippen molar-refractivity contribution in [1.29, 1.82) is 0 Å². The predicted molar refractivity (Wildman–Crippen MR) is 81.2 cm³/mol. The van der Waals surface area contributed by atoms with E-state index < -0.39 is 0 Å². The van der Waals surface area contributed by atoms with Crippen molar-refractivity contribution in [2.75, 3.05) is 6.54 Å². The third-order valence-corrected chi connectivity index (χ3v) is 4.11. The van der Waals surface area contributed by atoms with Crippen molar-refractivity contribution in [3.63, 3.8) is 0 Å². The van der Waals surface area contributed by atoms with Gasteiger partial charge in [-0.25, -0.2) is 0 Å². The minimum Gasteiger partial charge on any atom is -0.350 e. The number of fused-ring (bicyclic) bond motifs is 1. The van der Waals surface area contributed by atoms with Crippen molar-refractivity contribution in [3.8, 4) is 0 Å². The SMILES string of the molecule is Cc1ccc2[nH]nc(C(=O)NCCc3cccs3)c2c1. The second-order valence-corrected chi connectivity index (χ2v) is 5.74. The van der Waals surface area contributed by atoms with Gasteiger partial charge in [-0.3, -0.25) is 9.89 Å². The summed E-state index contributed by atoms with van der Waals surface area (Å²) in [7, 11) is 0. The van der Waals surface area contributed by atoms with E-state index in [9.17, 15) is 4.79 Å². The Morgan fingerprint density at radius 3 is 3.10 bits per heavy atom. The quantitative estimate of drug-likeness (QED) is 0.774. The molecule has 0 aliphatic heterocycles. The number of carbonyl (C=O) groups is 1. The van der Waals surface area contributed by atoms with Gasteiger partial charge in [0.15, 0.2) is 5.69 Å². The number of thiophene rings is 1. The Kier molecular flexibility index (Phi) is 3.52. The van der Waals surface area contributed by atoms with E-state index in [2.05, 4.69) is 21.6 Å². The summed E-state index contributed by atoms with van der Waals surface area (Å²) in [6, 6.07) is 10.0. The van der Waals surface area contributed by atoms with Gasteiger partial charge in [0.25, 0.3) is 5.91 Å². The first-order valence-electron chi connectivity index (χ1n) is 6.49. The highest BCUT2D eigenvalue weighted by Crippen LogP contribution is 2.17. The van der Waals surface area contributed by atoms with E-state index >= 15 is 0 Å². The molecule has 0 unspecified atom stereocenters. The molecule has 20 heavy (non-hydrogen) atoms. The van der Waals surface area contributed by atoms with Gasteiger partial charge < -0.3 is 5.32 Å². The van der Waals surface area contributed by atoms with Crippen molar-refractivity contribution in [2.45, 2.75) is 13.3 Å². The molecule has 0 radical (unpaired) electrons. The number of hydrogen-bond donors (Lipinski definition) is 2. The summed E-state index contributed by atoms with van der Waals surface area (Å²) in [5.74, 6) is -0.126. The number of amides is 1. The molecule has 0 saturated carbocycles. The molecule has 2 aromatic heterocycles. The number of aryl methyl sites for hydroxylation is 1. The Balaban J connectivity index is 1.70. The lowest BCUT2D eigenvalue weighted by molar-refractivity contribution is 0.0951. The maximum absolute atomic E-state index is 12.2. The molecule has 0 saturated heterocycles. The van der Waals surface area contributed by atoms with E-state index in [0.29, 0.717) is 12.2 Å². The van der Waals surface area contributed by atoms with Crippen LogP contribution in [0.4, 0.5) is 0 Å². The minimum atomic E-state index is -0.126. The summed E-state index contributed by atoms with van der Waals surface area (Å²) < 4.78 is 0. The van der Waals surface area contributed by atoms with Crippen LogP contribution in [0.15, 0.2) is 35.7 Å². The van der Waals surface area contributed by atoms with Crippen molar-refractivity contribution < 1.29 is 4.79 Å². The van der Waals surface area contributed by atoms with E-state index in [1.165, 1.54) is 4.88 Å². The highest BCUT2D eigenvalue weighted by Gasteiger charge is 2.13. The Morgan fingerprint density at radius 2 is 2.30 bits per heavy atom. The number of H-pyrrole nitrogens is 1. The van der Waals surface area contributed by atoms with Crippen molar-refractivity contribution in [3.05, 3.63) is 51.8 Å². The average molecular weight is 285 g/mol. The van der Waals surface area contributed by atoms with Gasteiger partial charge in [0, 0.05) is 16.8 Å². The lowest BCUT2D eigenvalue weighted by Gasteiger charge is -2.02. The lowest BCUT2D eigenvalue weighted by Crippen LogP contribution is -2.26. The lowest BCUT2D eigenvalue weighted by atomic mass is 10.1. The van der Waals surface area contributed by atoms with E-state index in [4.69, 9.17) is 0 Å². The van der Waals surface area contributed by atoms with Gasteiger partial charge in [0.2, 0.25) is 0 Å². The van der Waals surface area contributed by atoms with E-state index in [0.717, 1.165) is 22.9 Å². The van der Waals surface area contributed by atoms with Gasteiger partial charge in [-0.1, -0.05) is 17.7 Å². The number of benzene rings is 1. The zero-order valence-electron chi connectivity index (χ0n) is 11.1. The number of hydrogen-bond acceptors (Lipinski definition) is 3. The Morgan fingerprint density at radius 1 is 1.40 bits per heavy atom. The van der Waals surface area contributed by atoms with Crippen LogP contribution in [-0.4, -0.2) is 22.6 Å². The zero-order chi connectivity index (χ0) is 13.9. The molecular formula is C15H15N3OS. The number of nitrogens with one attached hydrogen (secondary N) is 2. The standard InChI is InChI=1S/C15H15N3OS/c1-10-4-5-13-12(9-10)14(18-17-13)15(19)16-7-6-11-3-2-8-20-11/h2-5,8-9H,6-7H2,1H3,(H,16,19)(H,17,18). The molecule has 3 rings (SSSR count). The predicted octanol–water partition coefficient (Wildman–Crippen LogP) is 2.91. The van der Waals surface area contributed by atoms with Crippen LogP contribution in [0.25, 0.3) is 10.9 Å². The molecule has 0 aliphatic rings. The molecule has 1 aromatic carbocycles. The summed E-state index contributed by atoms with van der Waals surface area (Å²) in [6.45, 7) is 2.63. The molecule has 0 atom stereocenters. The number of carbonyl (C=O) groups excluding carboxylic acids is 1. The van der Waals surface area contributed by atoms with Gasteiger partial charge in [0.05, 0.1) is 5.52 Å². The van der Waals surface area contributed by atoms with Gasteiger partial charge in [-0.2, -0.15) is 5.10 Å². The van der Waals surface area contributed by atoms with Gasteiger partial charge in [-0.15, -0.1) is 11.3 Å². The van der Waals surface area contributed by atoms with Crippen molar-refractivity contribution in [1.82, 2.24) is 15.5 Å². The molecule has 102 valence electrons. The van der Waals surface area contributed by atoms with Gasteiger partial charge in [-0.05, 0) is 36.9 Å². The van der Waals surface area contributed by atoms with Crippen LogP contribution in [0, 0.1) is 6.92 Å². The third-order valence-electron chi connectivity index (χ3n) is 3.17. The molecule has 0 spiro atoms. The topological polar surface area (TPSA) is 57.8 Å². The Labute approximate surface area is 120 Å². The van der Waals surface area contributed by atoms with Crippen LogP contribution >= 0.6 is 11.3 Å². The number of aromatic amines is 1. The molecule has 4 nitrogen and oxygen atoms in total. The third kappa shape index (κ3) is 2.58. The highest BCUT2D eigenvalue weighted by molar-refractivity contribution is 7.09. The first kappa shape index (κ1) is 12.9. The fourth-order valence-electron chi connectivity index (χ4n) is 2.14.